The number of carbonyl (C=O) groups excluding carboxylic acids is 1. The molecular formula is C9H10HgO2S. The molecule has 2 nitrogen and oxygen atoms in total. The maximum atomic E-state index is 11.3. The van der Waals surface area contributed by atoms with Crippen LogP contribution in [0.5, 0.6) is 5.75 Å². The van der Waals surface area contributed by atoms with Crippen LogP contribution in [0.25, 0.3) is 0 Å². The Morgan fingerprint density at radius 3 is 2.62 bits per heavy atom. The van der Waals surface area contributed by atoms with Gasteiger partial charge in [0.2, 0.25) is 5.12 Å². The van der Waals surface area contributed by atoms with Gasteiger partial charge in [-0.2, -0.15) is 0 Å². The number of hydrogen-bond acceptors (Lipinski definition) is 3. The third kappa shape index (κ3) is 3.69. The molecule has 1 aromatic carbocycles. The molecule has 0 saturated heterocycles. The summed E-state index contributed by atoms with van der Waals surface area (Å²) in [6.45, 7) is 1.91. The van der Waals surface area contributed by atoms with E-state index in [1.54, 1.807) is 18.2 Å². The summed E-state index contributed by atoms with van der Waals surface area (Å²) in [7, 11) is 0. The fourth-order valence-corrected chi connectivity index (χ4v) is 1.45. The molecule has 0 aliphatic rings. The number of aromatic hydroxyl groups is 1. The van der Waals surface area contributed by atoms with Crippen molar-refractivity contribution in [2.24, 2.45) is 0 Å². The second-order valence-electron chi connectivity index (χ2n) is 2.24. The maximum Gasteiger partial charge on any atom is 0.223 e. The third-order valence-electron chi connectivity index (χ3n) is 1.40. The molecule has 13 heavy (non-hydrogen) atoms. The minimum atomic E-state index is -0.0735. The molecule has 0 fully saturated rings. The minimum Gasteiger partial charge on any atom is -0.507 e. The van der Waals surface area contributed by atoms with E-state index in [0.29, 0.717) is 5.56 Å². The third-order valence-corrected chi connectivity index (χ3v) is 2.17. The number of thioether (sulfide) groups is 1. The normalized spacial score (nSPS) is 9.00. The summed E-state index contributed by atoms with van der Waals surface area (Å²) in [4.78, 5) is 11.3. The van der Waals surface area contributed by atoms with E-state index >= 15 is 0 Å². The van der Waals surface area contributed by atoms with Crippen molar-refractivity contribution in [2.75, 3.05) is 5.75 Å². The summed E-state index contributed by atoms with van der Waals surface area (Å²) in [6.07, 6.45) is 0. The summed E-state index contributed by atoms with van der Waals surface area (Å²) < 4.78 is 0. The molecule has 0 aliphatic carbocycles. The van der Waals surface area contributed by atoms with Gasteiger partial charge < -0.3 is 5.11 Å². The fourth-order valence-electron chi connectivity index (χ4n) is 0.855. The molecule has 0 amide bonds. The van der Waals surface area contributed by atoms with E-state index in [9.17, 15) is 9.90 Å². The van der Waals surface area contributed by atoms with E-state index in [-0.39, 0.29) is 38.5 Å². The van der Waals surface area contributed by atoms with Crippen molar-refractivity contribution in [2.45, 2.75) is 6.92 Å². The Labute approximate surface area is 102 Å². The van der Waals surface area contributed by atoms with Crippen molar-refractivity contribution < 1.29 is 37.6 Å². The molecule has 66 valence electrons. The number of phenolic OH excluding ortho intramolecular Hbond substituents is 1. The summed E-state index contributed by atoms with van der Waals surface area (Å²) in [5, 5.41) is 9.20. The van der Waals surface area contributed by atoms with Gasteiger partial charge in [-0.1, -0.05) is 30.8 Å². The molecular weight excluding hydrogens is 373 g/mol. The standard InChI is InChI=1S/C9H10O2S.Hg/c1-2-12-9(11)7-5-3-4-6-8(7)10;/h3-6,10H,2H2,1H3;. The Balaban J connectivity index is 0.00000144. The molecule has 0 aliphatic heterocycles. The quantitative estimate of drug-likeness (QED) is 0.797. The van der Waals surface area contributed by atoms with Gasteiger partial charge in [-0.25, -0.2) is 0 Å². The van der Waals surface area contributed by atoms with Crippen molar-refractivity contribution >= 4 is 16.9 Å². The first-order valence-electron chi connectivity index (χ1n) is 3.70. The molecule has 0 saturated carbocycles. The first kappa shape index (κ1) is 13.0. The molecule has 0 bridgehead atoms. The van der Waals surface area contributed by atoms with E-state index in [0.717, 1.165) is 5.75 Å². The molecule has 0 atom stereocenters. The minimum absolute atomic E-state index is 0. The summed E-state index contributed by atoms with van der Waals surface area (Å²) in [5.41, 5.74) is 0.393. The first-order chi connectivity index (χ1) is 5.75. The van der Waals surface area contributed by atoms with Crippen LogP contribution in [-0.4, -0.2) is 16.0 Å². The number of hydrogen-bond donors (Lipinski definition) is 1. The van der Waals surface area contributed by atoms with Crippen molar-refractivity contribution in [1.29, 1.82) is 0 Å². The van der Waals surface area contributed by atoms with Crippen LogP contribution in [0, 0.1) is 0 Å². The molecule has 0 spiro atoms. The Morgan fingerprint density at radius 1 is 1.46 bits per heavy atom. The van der Waals surface area contributed by atoms with Gasteiger partial charge in [-0.15, -0.1) is 0 Å². The zero-order valence-corrected chi connectivity index (χ0v) is 13.8. The number of carbonyl (C=O) groups is 1. The molecule has 0 radical (unpaired) electrons. The van der Waals surface area contributed by atoms with Gasteiger partial charge in [0.1, 0.15) is 5.75 Å². The molecule has 0 heterocycles. The molecule has 0 unspecified atom stereocenters. The van der Waals surface area contributed by atoms with Crippen LogP contribution < -0.4 is 0 Å². The Kier molecular flexibility index (Phi) is 6.42. The van der Waals surface area contributed by atoms with Crippen molar-refractivity contribution in [3.8, 4) is 5.75 Å². The second-order valence-corrected chi connectivity index (χ2v) is 3.47. The number of rotatable bonds is 2. The fraction of sp³-hybridized carbons (Fsp3) is 0.222. The topological polar surface area (TPSA) is 37.3 Å². The monoisotopic (exact) mass is 384 g/mol. The van der Waals surface area contributed by atoms with Crippen LogP contribution in [0.1, 0.15) is 17.3 Å². The average Bonchev–Trinajstić information content (AvgIpc) is 2.05. The Hall–Kier alpha value is -0.0249. The number of para-hydroxylation sites is 1. The van der Waals surface area contributed by atoms with Crippen molar-refractivity contribution in [1.82, 2.24) is 0 Å². The summed E-state index contributed by atoms with van der Waals surface area (Å²) in [5.74, 6) is 0.788. The van der Waals surface area contributed by atoms with E-state index in [1.807, 2.05) is 6.92 Å². The van der Waals surface area contributed by atoms with Crippen molar-refractivity contribution in [3.63, 3.8) is 0 Å². The predicted octanol–water partition coefficient (Wildman–Crippen LogP) is 2.28. The van der Waals surface area contributed by atoms with Crippen LogP contribution in [0.2, 0.25) is 0 Å². The SMILES string of the molecule is CCSC(=O)c1ccccc1O.[Hg]. The van der Waals surface area contributed by atoms with Gasteiger partial charge in [0, 0.05) is 27.7 Å². The summed E-state index contributed by atoms with van der Waals surface area (Å²) >= 11 is 1.20. The Morgan fingerprint density at radius 2 is 2.08 bits per heavy atom. The van der Waals surface area contributed by atoms with Crippen LogP contribution in [0.3, 0.4) is 0 Å². The summed E-state index contributed by atoms with van der Waals surface area (Å²) in [6, 6.07) is 6.58. The van der Waals surface area contributed by atoms with Gasteiger partial charge in [0.05, 0.1) is 5.56 Å². The van der Waals surface area contributed by atoms with Gasteiger partial charge in [0.25, 0.3) is 0 Å². The largest absolute Gasteiger partial charge is 0.507 e. The van der Waals surface area contributed by atoms with Crippen LogP contribution in [0.4, 0.5) is 0 Å². The zero-order chi connectivity index (χ0) is 8.97. The maximum absolute atomic E-state index is 11.3. The van der Waals surface area contributed by atoms with Crippen LogP contribution in [0.15, 0.2) is 24.3 Å². The molecule has 4 heteroatoms. The van der Waals surface area contributed by atoms with E-state index in [4.69, 9.17) is 0 Å². The second kappa shape index (κ2) is 6.43. The van der Waals surface area contributed by atoms with E-state index < -0.39 is 0 Å². The van der Waals surface area contributed by atoms with Gasteiger partial charge in [-0.05, 0) is 17.9 Å². The average molecular weight is 383 g/mol. The van der Waals surface area contributed by atoms with Crippen molar-refractivity contribution in [3.05, 3.63) is 29.8 Å². The van der Waals surface area contributed by atoms with E-state index in [2.05, 4.69) is 0 Å². The van der Waals surface area contributed by atoms with Crippen LogP contribution >= 0.6 is 11.8 Å². The predicted molar refractivity (Wildman–Crippen MR) is 50.6 cm³/mol. The molecule has 0 aromatic heterocycles. The molecule has 1 rings (SSSR count). The van der Waals surface area contributed by atoms with Gasteiger partial charge in [-0.3, -0.25) is 4.79 Å². The first-order valence-corrected chi connectivity index (χ1v) is 4.69. The molecule has 1 aromatic rings. The smallest absolute Gasteiger partial charge is 0.223 e. The number of benzene rings is 1. The number of phenols is 1. The molecule has 1 N–H and O–H groups in total. The zero-order valence-electron chi connectivity index (χ0n) is 7.49. The van der Waals surface area contributed by atoms with Gasteiger partial charge in [0.15, 0.2) is 0 Å². The van der Waals surface area contributed by atoms with Gasteiger partial charge >= 0.3 is 0 Å². The van der Waals surface area contributed by atoms with E-state index in [1.165, 1.54) is 17.8 Å². The Bertz CT molecular complexity index is 289. The van der Waals surface area contributed by atoms with Crippen LogP contribution in [-0.2, 0) is 27.7 Å².